The van der Waals surface area contributed by atoms with Crippen molar-refractivity contribution in [1.29, 1.82) is 0 Å². The van der Waals surface area contributed by atoms with Crippen molar-refractivity contribution in [2.75, 3.05) is 32.7 Å². The Labute approximate surface area is 98.1 Å². The van der Waals surface area contributed by atoms with Crippen LogP contribution in [0.25, 0.3) is 0 Å². The van der Waals surface area contributed by atoms with Crippen LogP contribution in [0.4, 0.5) is 0 Å². The fourth-order valence-electron chi connectivity index (χ4n) is 1.60. The summed E-state index contributed by atoms with van der Waals surface area (Å²) in [6.07, 6.45) is 1.38. The Balaban J connectivity index is 1.77. The van der Waals surface area contributed by atoms with Crippen LogP contribution in [0.1, 0.15) is 10.6 Å². The van der Waals surface area contributed by atoms with Crippen LogP contribution in [0.3, 0.4) is 0 Å². The lowest BCUT2D eigenvalue weighted by Gasteiger charge is -2.27. The second-order valence-electron chi connectivity index (χ2n) is 3.69. The summed E-state index contributed by atoms with van der Waals surface area (Å²) in [4.78, 5) is 24.9. The number of amides is 2. The SMILES string of the molecule is O=C(NCC(=O)N1CCNCC1)c1ccno1. The summed E-state index contributed by atoms with van der Waals surface area (Å²) < 4.78 is 4.68. The molecule has 0 spiro atoms. The van der Waals surface area contributed by atoms with Gasteiger partial charge in [-0.2, -0.15) is 0 Å². The molecule has 0 bridgehead atoms. The molecule has 2 rings (SSSR count). The van der Waals surface area contributed by atoms with Crippen molar-refractivity contribution in [1.82, 2.24) is 20.7 Å². The molecule has 0 aromatic carbocycles. The molecular weight excluding hydrogens is 224 g/mol. The van der Waals surface area contributed by atoms with E-state index in [1.54, 1.807) is 4.90 Å². The normalized spacial score (nSPS) is 15.6. The van der Waals surface area contributed by atoms with Crippen molar-refractivity contribution in [2.24, 2.45) is 0 Å². The zero-order chi connectivity index (χ0) is 12.1. The Kier molecular flexibility index (Phi) is 3.71. The van der Waals surface area contributed by atoms with Gasteiger partial charge in [0.1, 0.15) is 0 Å². The molecule has 0 saturated carbocycles. The Morgan fingerprint density at radius 3 is 2.88 bits per heavy atom. The maximum absolute atomic E-state index is 11.7. The molecule has 1 aliphatic heterocycles. The summed E-state index contributed by atoms with van der Waals surface area (Å²) in [7, 11) is 0. The molecule has 0 radical (unpaired) electrons. The first-order chi connectivity index (χ1) is 8.27. The number of piperazine rings is 1. The lowest BCUT2D eigenvalue weighted by molar-refractivity contribution is -0.130. The average Bonchev–Trinajstić information content (AvgIpc) is 2.90. The van der Waals surface area contributed by atoms with Crippen LogP contribution in [0, 0.1) is 0 Å². The highest BCUT2D eigenvalue weighted by Crippen LogP contribution is 1.96. The Morgan fingerprint density at radius 2 is 2.24 bits per heavy atom. The van der Waals surface area contributed by atoms with Crippen LogP contribution in [-0.4, -0.2) is 54.6 Å². The van der Waals surface area contributed by atoms with Crippen LogP contribution >= 0.6 is 0 Å². The lowest BCUT2D eigenvalue weighted by atomic mass is 10.3. The van der Waals surface area contributed by atoms with Crippen molar-refractivity contribution in [2.45, 2.75) is 0 Å². The molecule has 0 unspecified atom stereocenters. The molecule has 17 heavy (non-hydrogen) atoms. The molecule has 7 nitrogen and oxygen atoms in total. The minimum Gasteiger partial charge on any atom is -0.351 e. The molecular formula is C10H14N4O3. The van der Waals surface area contributed by atoms with Gasteiger partial charge in [0.2, 0.25) is 11.7 Å². The van der Waals surface area contributed by atoms with Gasteiger partial charge in [-0.05, 0) is 0 Å². The molecule has 7 heteroatoms. The zero-order valence-corrected chi connectivity index (χ0v) is 9.31. The highest BCUT2D eigenvalue weighted by Gasteiger charge is 2.17. The van der Waals surface area contributed by atoms with Gasteiger partial charge < -0.3 is 20.1 Å². The summed E-state index contributed by atoms with van der Waals surface area (Å²) in [5.41, 5.74) is 0. The Bertz CT molecular complexity index is 384. The number of hydrogen-bond donors (Lipinski definition) is 2. The van der Waals surface area contributed by atoms with Crippen LogP contribution in [0.2, 0.25) is 0 Å². The highest BCUT2D eigenvalue weighted by atomic mass is 16.5. The first-order valence-electron chi connectivity index (χ1n) is 5.45. The van der Waals surface area contributed by atoms with Crippen LogP contribution in [0.15, 0.2) is 16.8 Å². The molecule has 0 aliphatic carbocycles. The Hall–Kier alpha value is -1.89. The van der Waals surface area contributed by atoms with E-state index in [-0.39, 0.29) is 18.2 Å². The minimum absolute atomic E-state index is 0.0144. The predicted octanol–water partition coefficient (Wildman–Crippen LogP) is -1.16. The van der Waals surface area contributed by atoms with Gasteiger partial charge in [0, 0.05) is 32.2 Å². The van der Waals surface area contributed by atoms with Gasteiger partial charge >= 0.3 is 0 Å². The van der Waals surface area contributed by atoms with Crippen LogP contribution in [-0.2, 0) is 4.79 Å². The summed E-state index contributed by atoms with van der Waals surface area (Å²) in [5.74, 6) is -0.400. The second-order valence-corrected chi connectivity index (χ2v) is 3.69. The highest BCUT2D eigenvalue weighted by molar-refractivity contribution is 5.94. The molecule has 2 amide bonds. The standard InChI is InChI=1S/C10H14N4O3/c15-9(14-5-3-11-4-6-14)7-12-10(16)8-1-2-13-17-8/h1-2,11H,3-7H2,(H,12,16). The van der Waals surface area contributed by atoms with Gasteiger partial charge in [0.15, 0.2) is 0 Å². The number of aromatic nitrogens is 1. The zero-order valence-electron chi connectivity index (χ0n) is 9.31. The second kappa shape index (κ2) is 5.44. The minimum atomic E-state index is -0.425. The summed E-state index contributed by atoms with van der Waals surface area (Å²) in [6, 6.07) is 1.45. The molecule has 0 atom stereocenters. The number of nitrogens with zero attached hydrogens (tertiary/aromatic N) is 2. The quantitative estimate of drug-likeness (QED) is 0.693. The van der Waals surface area contributed by atoms with Gasteiger partial charge in [0.25, 0.3) is 5.91 Å². The van der Waals surface area contributed by atoms with Crippen molar-refractivity contribution in [3.05, 3.63) is 18.0 Å². The summed E-state index contributed by atoms with van der Waals surface area (Å²) in [5, 5.41) is 9.07. The molecule has 1 aromatic heterocycles. The molecule has 1 aromatic rings. The average molecular weight is 238 g/mol. The van der Waals surface area contributed by atoms with Crippen LogP contribution < -0.4 is 10.6 Å². The number of carbonyl (C=O) groups is 2. The monoisotopic (exact) mass is 238 g/mol. The van der Waals surface area contributed by atoms with E-state index in [0.717, 1.165) is 13.1 Å². The van der Waals surface area contributed by atoms with Crippen molar-refractivity contribution < 1.29 is 14.1 Å². The first kappa shape index (κ1) is 11.6. The number of carbonyl (C=O) groups excluding carboxylic acids is 2. The van der Waals surface area contributed by atoms with Gasteiger partial charge in [-0.1, -0.05) is 5.16 Å². The summed E-state index contributed by atoms with van der Waals surface area (Å²) in [6.45, 7) is 2.93. The third-order valence-corrected chi connectivity index (χ3v) is 2.53. The van der Waals surface area contributed by atoms with E-state index in [1.807, 2.05) is 0 Å². The van der Waals surface area contributed by atoms with Gasteiger partial charge in [-0.3, -0.25) is 9.59 Å². The largest absolute Gasteiger partial charge is 0.351 e. The number of hydrogen-bond acceptors (Lipinski definition) is 5. The summed E-state index contributed by atoms with van der Waals surface area (Å²) >= 11 is 0. The van der Waals surface area contributed by atoms with Crippen molar-refractivity contribution >= 4 is 11.8 Å². The van der Waals surface area contributed by atoms with Gasteiger partial charge in [-0.15, -0.1) is 0 Å². The lowest BCUT2D eigenvalue weighted by Crippen LogP contribution is -2.49. The van der Waals surface area contributed by atoms with E-state index in [2.05, 4.69) is 20.3 Å². The smallest absolute Gasteiger partial charge is 0.290 e. The van der Waals surface area contributed by atoms with Crippen LogP contribution in [0.5, 0.6) is 0 Å². The fourth-order valence-corrected chi connectivity index (χ4v) is 1.60. The molecule has 1 saturated heterocycles. The van der Waals surface area contributed by atoms with E-state index >= 15 is 0 Å². The van der Waals surface area contributed by atoms with Gasteiger partial charge in [-0.25, -0.2) is 0 Å². The van der Waals surface area contributed by atoms with Crippen molar-refractivity contribution in [3.63, 3.8) is 0 Å². The molecule has 92 valence electrons. The maximum Gasteiger partial charge on any atom is 0.290 e. The first-order valence-corrected chi connectivity index (χ1v) is 5.45. The van der Waals surface area contributed by atoms with Gasteiger partial charge in [0.05, 0.1) is 12.7 Å². The molecule has 1 fully saturated rings. The third-order valence-electron chi connectivity index (χ3n) is 2.53. The van der Waals surface area contributed by atoms with E-state index in [9.17, 15) is 9.59 Å². The molecule has 2 heterocycles. The fraction of sp³-hybridized carbons (Fsp3) is 0.500. The van der Waals surface area contributed by atoms with E-state index in [0.29, 0.717) is 13.1 Å². The van der Waals surface area contributed by atoms with E-state index in [1.165, 1.54) is 12.3 Å². The molecule has 2 N–H and O–H groups in total. The predicted molar refractivity (Wildman–Crippen MR) is 58.3 cm³/mol. The third kappa shape index (κ3) is 3.04. The number of rotatable bonds is 3. The maximum atomic E-state index is 11.7. The van der Waals surface area contributed by atoms with E-state index < -0.39 is 5.91 Å². The molecule has 1 aliphatic rings. The van der Waals surface area contributed by atoms with Crippen molar-refractivity contribution in [3.8, 4) is 0 Å². The Morgan fingerprint density at radius 1 is 1.47 bits per heavy atom. The number of nitrogens with one attached hydrogen (secondary N) is 2. The topological polar surface area (TPSA) is 87.5 Å². The van der Waals surface area contributed by atoms with E-state index in [4.69, 9.17) is 0 Å².